The van der Waals surface area contributed by atoms with Crippen molar-refractivity contribution in [2.24, 2.45) is 17.7 Å². The molecule has 22 heteroatoms. The van der Waals surface area contributed by atoms with Crippen LogP contribution >= 0.6 is 11.6 Å². The predicted octanol–water partition coefficient (Wildman–Crippen LogP) is 2.62. The van der Waals surface area contributed by atoms with Crippen LogP contribution in [0.3, 0.4) is 0 Å². The van der Waals surface area contributed by atoms with Crippen LogP contribution in [-0.4, -0.2) is 146 Å². The minimum Gasteiger partial charge on any atom is -0.457 e. The van der Waals surface area contributed by atoms with Gasteiger partial charge in [0.05, 0.1) is 29.8 Å². The van der Waals surface area contributed by atoms with E-state index in [4.69, 9.17) is 36.4 Å². The van der Waals surface area contributed by atoms with Gasteiger partial charge in [-0.25, -0.2) is 15.5 Å². The quantitative estimate of drug-likeness (QED) is 0.0512. The molecule has 5 amide bonds. The molecule has 3 aliphatic heterocycles. The molecule has 1 aromatic rings. The number of allylic oxidation sites excluding steroid dienone is 3. The summed E-state index contributed by atoms with van der Waals surface area (Å²) in [5, 5.41) is 19.6. The Bertz CT molecular complexity index is 2240. The number of Topliss-reactive ketones (excluding diaryl/α,β-unsaturated/α-hetero) is 3. The fourth-order valence-corrected chi connectivity index (χ4v) is 8.47. The van der Waals surface area contributed by atoms with Gasteiger partial charge in [0.25, 0.3) is 0 Å². The summed E-state index contributed by atoms with van der Waals surface area (Å²) in [5.74, 6) is -0.379. The lowest BCUT2D eigenvalue weighted by Crippen LogP contribution is -2.60. The van der Waals surface area contributed by atoms with Crippen LogP contribution in [0.2, 0.25) is 5.02 Å². The van der Waals surface area contributed by atoms with Crippen LogP contribution in [0, 0.1) is 18.8 Å². The van der Waals surface area contributed by atoms with Gasteiger partial charge in [0.15, 0.2) is 17.3 Å². The molecule has 392 valence electrons. The SMILES string of the molecule is C/C1=C\C=C\C(C)C2(O)CC(OC(=O)N2)C(C)C2OC2(C)C(OC(=O)C(C)N(C)C(=O)COCC(=O)CCC(=O)NCC(=O)CCC(=O)NCCCC(=O)CON)CC(=O)N(C)c2cc(cc(C)c2Cl)C1. The summed E-state index contributed by atoms with van der Waals surface area (Å²) in [6.45, 7) is 8.97. The first-order valence-electron chi connectivity index (χ1n) is 23.6. The summed E-state index contributed by atoms with van der Waals surface area (Å²) in [5.41, 5.74) is 0.0662. The Hall–Kier alpha value is -5.58. The minimum atomic E-state index is -1.67. The lowest BCUT2D eigenvalue weighted by Gasteiger charge is -2.41. The van der Waals surface area contributed by atoms with E-state index in [1.54, 1.807) is 33.9 Å². The molecular formula is C49H69ClN6O15. The summed E-state index contributed by atoms with van der Waals surface area (Å²) in [6.07, 6.45) is 1.86. The number of hydrogen-bond donors (Lipinski definition) is 5. The van der Waals surface area contributed by atoms with Crippen molar-refractivity contribution in [2.45, 2.75) is 135 Å². The summed E-state index contributed by atoms with van der Waals surface area (Å²) in [7, 11) is 2.90. The predicted molar refractivity (Wildman–Crippen MR) is 257 cm³/mol. The molecule has 0 spiro atoms. The Morgan fingerprint density at radius 2 is 1.65 bits per heavy atom. The number of epoxide rings is 1. The van der Waals surface area contributed by atoms with Crippen molar-refractivity contribution in [1.29, 1.82) is 0 Å². The van der Waals surface area contributed by atoms with E-state index in [9.17, 15) is 48.3 Å². The van der Waals surface area contributed by atoms with E-state index in [1.165, 1.54) is 18.9 Å². The molecule has 8 atom stereocenters. The second-order valence-corrected chi connectivity index (χ2v) is 19.2. The van der Waals surface area contributed by atoms with E-state index in [0.717, 1.165) is 21.6 Å². The number of carbonyl (C=O) groups excluding carboxylic acids is 9. The third-order valence-electron chi connectivity index (χ3n) is 13.1. The van der Waals surface area contributed by atoms with Crippen LogP contribution in [0.25, 0.3) is 0 Å². The fraction of sp³-hybridized carbons (Fsp3) is 0.612. The summed E-state index contributed by atoms with van der Waals surface area (Å²) in [6, 6.07) is 2.53. The number of ketones is 3. The largest absolute Gasteiger partial charge is 0.457 e. The van der Waals surface area contributed by atoms with Crippen molar-refractivity contribution in [3.8, 4) is 0 Å². The van der Waals surface area contributed by atoms with Gasteiger partial charge >= 0.3 is 12.1 Å². The number of rotatable bonds is 21. The third kappa shape index (κ3) is 16.7. The molecule has 4 rings (SSSR count). The van der Waals surface area contributed by atoms with E-state index in [2.05, 4.69) is 20.8 Å². The van der Waals surface area contributed by atoms with E-state index in [-0.39, 0.29) is 70.4 Å². The number of likely N-dealkylation sites (N-methyl/N-ethyl adjacent to an activating group) is 1. The normalized spacial score (nSPS) is 26.0. The monoisotopic (exact) mass is 1020 g/mol. The molecule has 3 heterocycles. The zero-order valence-corrected chi connectivity index (χ0v) is 42.5. The molecule has 8 unspecified atom stereocenters. The number of nitrogens with zero attached hydrogens (tertiary/aromatic N) is 2. The molecule has 4 bridgehead atoms. The maximum absolute atomic E-state index is 14.2. The molecule has 71 heavy (non-hydrogen) atoms. The first kappa shape index (κ1) is 58.0. The van der Waals surface area contributed by atoms with Crippen molar-refractivity contribution in [1.82, 2.24) is 20.9 Å². The molecule has 6 N–H and O–H groups in total. The standard InChI is InChI=1S/C49H69ClN6O15/c1-28-11-9-12-30(3)49(66)23-38(69-47(65)54-49)31(4)45-48(6,71-45)39(22-42(62)56(8)37-21-33(19-28)20-29(2)44(37)50)70-46(64)32(5)55(7)43(63)27-67-25-36(59)15-17-41(61)53-24-34(57)14-16-40(60)52-18-10-13-35(58)26-68-51/h9,11-12,20-21,30-32,38-39,45,66H,10,13-19,22-27,51H2,1-8H3,(H,52,60)(H,53,61)(H,54,65)/b12-9+,28-11+. The van der Waals surface area contributed by atoms with E-state index in [1.807, 2.05) is 38.1 Å². The number of anilines is 1. The second kappa shape index (κ2) is 26.2. The van der Waals surface area contributed by atoms with Crippen LogP contribution in [0.1, 0.15) is 97.1 Å². The number of nitrogens with two attached hydrogens (primary N) is 1. The highest BCUT2D eigenvalue weighted by Crippen LogP contribution is 2.49. The molecule has 2 saturated heterocycles. The lowest BCUT2D eigenvalue weighted by molar-refractivity contribution is -0.163. The molecular weight excluding hydrogens is 948 g/mol. The number of carbonyl (C=O) groups is 9. The van der Waals surface area contributed by atoms with Crippen LogP contribution in [-0.2, 0) is 68.6 Å². The number of aryl methyl sites for hydroxylation is 1. The molecule has 21 nitrogen and oxygen atoms in total. The Labute approximate surface area is 418 Å². The third-order valence-corrected chi connectivity index (χ3v) is 13.6. The van der Waals surface area contributed by atoms with Crippen LogP contribution < -0.4 is 26.7 Å². The van der Waals surface area contributed by atoms with Gasteiger partial charge in [-0.05, 0) is 57.7 Å². The van der Waals surface area contributed by atoms with Crippen molar-refractivity contribution in [3.05, 3.63) is 52.1 Å². The first-order valence-corrected chi connectivity index (χ1v) is 24.0. The minimum absolute atomic E-state index is 0.00119. The molecule has 2 fully saturated rings. The number of esters is 1. The van der Waals surface area contributed by atoms with Crippen molar-refractivity contribution >= 4 is 70.3 Å². The molecule has 0 saturated carbocycles. The van der Waals surface area contributed by atoms with Gasteiger partial charge < -0.3 is 44.5 Å². The Morgan fingerprint density at radius 1 is 0.986 bits per heavy atom. The molecule has 0 aliphatic carbocycles. The van der Waals surface area contributed by atoms with Gasteiger partial charge in [-0.15, -0.1) is 0 Å². The maximum atomic E-state index is 14.2. The average molecular weight is 1020 g/mol. The van der Waals surface area contributed by atoms with E-state index < -0.39 is 108 Å². The number of halogens is 1. The molecule has 0 radical (unpaired) electrons. The van der Waals surface area contributed by atoms with Crippen molar-refractivity contribution < 1.29 is 72.0 Å². The van der Waals surface area contributed by atoms with Gasteiger partial charge in [0.2, 0.25) is 23.6 Å². The van der Waals surface area contributed by atoms with Crippen LogP contribution in [0.5, 0.6) is 0 Å². The maximum Gasteiger partial charge on any atom is 0.409 e. The van der Waals surface area contributed by atoms with E-state index in [0.29, 0.717) is 23.6 Å². The van der Waals surface area contributed by atoms with Crippen molar-refractivity contribution in [2.75, 3.05) is 51.9 Å². The Morgan fingerprint density at radius 3 is 2.34 bits per heavy atom. The molecule has 0 aromatic heterocycles. The second-order valence-electron chi connectivity index (χ2n) is 18.8. The highest BCUT2D eigenvalue weighted by Gasteiger charge is 2.64. The molecule has 3 aliphatic rings. The number of amides is 5. The zero-order chi connectivity index (χ0) is 52.8. The number of hydrogen-bond acceptors (Lipinski definition) is 16. The summed E-state index contributed by atoms with van der Waals surface area (Å²) in [4.78, 5) is 121. The topological polar surface area (TPSA) is 292 Å². The van der Waals surface area contributed by atoms with Gasteiger partial charge in [-0.3, -0.25) is 43.7 Å². The van der Waals surface area contributed by atoms with Gasteiger partial charge in [-0.2, -0.15) is 0 Å². The summed E-state index contributed by atoms with van der Waals surface area (Å²) >= 11 is 6.79. The highest BCUT2D eigenvalue weighted by molar-refractivity contribution is 6.34. The average Bonchev–Trinajstić information content (AvgIpc) is 4.01. The smallest absolute Gasteiger partial charge is 0.409 e. The lowest BCUT2D eigenvalue weighted by atomic mass is 9.82. The highest BCUT2D eigenvalue weighted by atomic mass is 35.5. The molecule has 1 aromatic carbocycles. The number of alkyl carbamates (subject to hydrolysis) is 1. The Kier molecular flexibility index (Phi) is 21.4. The van der Waals surface area contributed by atoms with Crippen LogP contribution in [0.15, 0.2) is 35.9 Å². The van der Waals surface area contributed by atoms with Gasteiger partial charge in [0, 0.05) is 71.0 Å². The van der Waals surface area contributed by atoms with Crippen LogP contribution in [0.4, 0.5) is 10.5 Å². The number of benzene rings is 1. The van der Waals surface area contributed by atoms with Crippen molar-refractivity contribution in [3.63, 3.8) is 0 Å². The fourth-order valence-electron chi connectivity index (χ4n) is 8.23. The number of nitrogens with one attached hydrogen (secondary N) is 3. The summed E-state index contributed by atoms with van der Waals surface area (Å²) < 4.78 is 23.3. The van der Waals surface area contributed by atoms with Gasteiger partial charge in [-0.1, -0.05) is 55.3 Å². The number of ether oxygens (including phenoxy) is 4. The van der Waals surface area contributed by atoms with E-state index >= 15 is 0 Å². The number of aliphatic hydroxyl groups is 1. The Balaban J connectivity index is 1.34. The zero-order valence-electron chi connectivity index (χ0n) is 41.8. The van der Waals surface area contributed by atoms with Gasteiger partial charge in [0.1, 0.15) is 49.4 Å². The number of fused-ring (bicyclic) bond motifs is 5. The first-order chi connectivity index (χ1) is 33.4.